The lowest BCUT2D eigenvalue weighted by Crippen LogP contribution is -2.27. The van der Waals surface area contributed by atoms with E-state index in [1.54, 1.807) is 10.9 Å². The van der Waals surface area contributed by atoms with Crippen molar-refractivity contribution in [3.8, 4) is 5.95 Å². The molecule has 0 aliphatic carbocycles. The van der Waals surface area contributed by atoms with Crippen LogP contribution in [0.25, 0.3) is 16.9 Å². The largest absolute Gasteiger partial charge is 0.366 e. The topological polar surface area (TPSA) is 114 Å². The lowest BCUT2D eigenvalue weighted by molar-refractivity contribution is 0.588. The SMILES string of the molecule is CS(=O)(=O)NCc1cccc2c1cnn2-c1nc2c(c(NCc3ccccc3)n1)CNCC2. The van der Waals surface area contributed by atoms with Crippen molar-refractivity contribution in [3.63, 3.8) is 0 Å². The minimum absolute atomic E-state index is 0.197. The first kappa shape index (κ1) is 21.5. The average Bonchev–Trinajstić information content (AvgIpc) is 3.26. The van der Waals surface area contributed by atoms with Gasteiger partial charge in [0.05, 0.1) is 23.7 Å². The number of anilines is 1. The number of nitrogens with zero attached hydrogens (tertiary/aromatic N) is 4. The Kier molecular flexibility index (Phi) is 5.79. The first-order valence-electron chi connectivity index (χ1n) is 10.8. The molecule has 2 aromatic heterocycles. The summed E-state index contributed by atoms with van der Waals surface area (Å²) < 4.78 is 27.3. The van der Waals surface area contributed by atoms with Crippen LogP contribution in [0.4, 0.5) is 5.82 Å². The molecule has 0 saturated heterocycles. The van der Waals surface area contributed by atoms with Crippen molar-refractivity contribution < 1.29 is 8.42 Å². The van der Waals surface area contributed by atoms with E-state index < -0.39 is 10.0 Å². The van der Waals surface area contributed by atoms with Crippen LogP contribution in [-0.4, -0.2) is 41.0 Å². The molecule has 0 amide bonds. The molecule has 3 N–H and O–H groups in total. The lowest BCUT2D eigenvalue weighted by Gasteiger charge is -2.21. The molecule has 1 aliphatic rings. The lowest BCUT2D eigenvalue weighted by atomic mass is 10.1. The number of hydrogen-bond acceptors (Lipinski definition) is 7. The van der Waals surface area contributed by atoms with Gasteiger partial charge < -0.3 is 10.6 Å². The van der Waals surface area contributed by atoms with E-state index in [0.717, 1.165) is 52.8 Å². The second kappa shape index (κ2) is 8.89. The fourth-order valence-electron chi connectivity index (χ4n) is 3.99. The highest BCUT2D eigenvalue weighted by Crippen LogP contribution is 2.25. The van der Waals surface area contributed by atoms with E-state index in [1.165, 1.54) is 5.56 Å². The first-order valence-corrected chi connectivity index (χ1v) is 12.7. The average molecular weight is 464 g/mol. The fourth-order valence-corrected chi connectivity index (χ4v) is 4.40. The van der Waals surface area contributed by atoms with E-state index in [4.69, 9.17) is 9.97 Å². The van der Waals surface area contributed by atoms with Crippen molar-refractivity contribution >= 4 is 26.7 Å². The van der Waals surface area contributed by atoms with Crippen LogP contribution < -0.4 is 15.4 Å². The Bertz CT molecular complexity index is 1400. The summed E-state index contributed by atoms with van der Waals surface area (Å²) in [5, 5.41) is 12.3. The molecule has 5 rings (SSSR count). The summed E-state index contributed by atoms with van der Waals surface area (Å²) in [6, 6.07) is 15.9. The van der Waals surface area contributed by atoms with Gasteiger partial charge >= 0.3 is 0 Å². The summed E-state index contributed by atoms with van der Waals surface area (Å²) in [5.74, 6) is 1.29. The highest BCUT2D eigenvalue weighted by Gasteiger charge is 2.20. The summed E-state index contributed by atoms with van der Waals surface area (Å²) >= 11 is 0. The molecule has 0 radical (unpaired) electrons. The van der Waals surface area contributed by atoms with Gasteiger partial charge in [-0.05, 0) is 17.2 Å². The number of sulfonamides is 1. The predicted octanol–water partition coefficient (Wildman–Crippen LogP) is 2.12. The maximum absolute atomic E-state index is 11.5. The van der Waals surface area contributed by atoms with Crippen LogP contribution in [0.2, 0.25) is 0 Å². The molecular weight excluding hydrogens is 438 g/mol. The Morgan fingerprint density at radius 1 is 1.06 bits per heavy atom. The third kappa shape index (κ3) is 4.72. The van der Waals surface area contributed by atoms with E-state index in [2.05, 4.69) is 32.6 Å². The van der Waals surface area contributed by atoms with Gasteiger partial charge in [-0.15, -0.1) is 0 Å². The van der Waals surface area contributed by atoms with Crippen molar-refractivity contribution in [2.24, 2.45) is 0 Å². The zero-order valence-electron chi connectivity index (χ0n) is 18.2. The normalized spacial score (nSPS) is 13.7. The Balaban J connectivity index is 1.52. The Morgan fingerprint density at radius 3 is 2.73 bits per heavy atom. The van der Waals surface area contributed by atoms with Crippen molar-refractivity contribution in [1.29, 1.82) is 0 Å². The number of benzene rings is 2. The second-order valence-corrected chi connectivity index (χ2v) is 9.90. The standard InChI is InChI=1S/C23H25N7O2S/c1-33(31,32)27-13-17-8-5-9-21-18(17)15-26-30(21)23-28-20-10-11-24-14-19(20)22(29-23)25-12-16-6-3-2-4-7-16/h2-9,15,24,27H,10-14H2,1H3,(H,25,28,29). The van der Waals surface area contributed by atoms with Crippen LogP contribution in [-0.2, 0) is 36.1 Å². The summed E-state index contributed by atoms with van der Waals surface area (Å²) in [6.07, 6.45) is 3.69. The summed E-state index contributed by atoms with van der Waals surface area (Å²) in [7, 11) is -3.30. The zero-order chi connectivity index (χ0) is 22.8. The molecule has 0 fully saturated rings. The van der Waals surface area contributed by atoms with Gasteiger partial charge in [0.15, 0.2) is 0 Å². The minimum atomic E-state index is -3.30. The van der Waals surface area contributed by atoms with Crippen molar-refractivity contribution in [1.82, 2.24) is 29.8 Å². The fraction of sp³-hybridized carbons (Fsp3) is 0.261. The van der Waals surface area contributed by atoms with E-state index in [0.29, 0.717) is 19.0 Å². The molecule has 2 aromatic carbocycles. The van der Waals surface area contributed by atoms with Gasteiger partial charge in [-0.2, -0.15) is 14.8 Å². The van der Waals surface area contributed by atoms with E-state index >= 15 is 0 Å². The molecule has 0 atom stereocenters. The van der Waals surface area contributed by atoms with Gasteiger partial charge in [-0.25, -0.2) is 18.1 Å². The molecule has 0 bridgehead atoms. The first-order chi connectivity index (χ1) is 16.0. The van der Waals surface area contributed by atoms with E-state index in [-0.39, 0.29) is 6.54 Å². The van der Waals surface area contributed by atoms with Crippen LogP contribution in [0, 0.1) is 0 Å². The quantitative estimate of drug-likeness (QED) is 0.385. The predicted molar refractivity (Wildman–Crippen MR) is 128 cm³/mol. The van der Waals surface area contributed by atoms with Crippen LogP contribution >= 0.6 is 0 Å². The minimum Gasteiger partial charge on any atom is -0.366 e. The maximum Gasteiger partial charge on any atom is 0.253 e. The van der Waals surface area contributed by atoms with Crippen LogP contribution in [0.15, 0.2) is 54.7 Å². The van der Waals surface area contributed by atoms with E-state index in [1.807, 2.05) is 36.4 Å². The summed E-state index contributed by atoms with van der Waals surface area (Å²) in [5.41, 5.74) is 4.92. The van der Waals surface area contributed by atoms with Crippen LogP contribution in [0.3, 0.4) is 0 Å². The monoisotopic (exact) mass is 463 g/mol. The molecule has 33 heavy (non-hydrogen) atoms. The number of rotatable bonds is 7. The smallest absolute Gasteiger partial charge is 0.253 e. The van der Waals surface area contributed by atoms with Gasteiger partial charge in [-0.1, -0.05) is 42.5 Å². The molecule has 4 aromatic rings. The second-order valence-electron chi connectivity index (χ2n) is 8.06. The van der Waals surface area contributed by atoms with Gasteiger partial charge in [0.2, 0.25) is 10.0 Å². The molecule has 10 heteroatoms. The molecule has 0 unspecified atom stereocenters. The molecule has 9 nitrogen and oxygen atoms in total. The Hall–Kier alpha value is -3.34. The maximum atomic E-state index is 11.5. The van der Waals surface area contributed by atoms with Gasteiger partial charge in [-0.3, -0.25) is 0 Å². The van der Waals surface area contributed by atoms with Gasteiger partial charge in [0.1, 0.15) is 5.82 Å². The molecule has 3 heterocycles. The Morgan fingerprint density at radius 2 is 1.91 bits per heavy atom. The zero-order valence-corrected chi connectivity index (χ0v) is 19.1. The molecular formula is C23H25N7O2S. The van der Waals surface area contributed by atoms with Crippen molar-refractivity contribution in [3.05, 3.63) is 77.1 Å². The number of hydrogen-bond donors (Lipinski definition) is 3. The molecule has 1 aliphatic heterocycles. The number of fused-ring (bicyclic) bond motifs is 2. The third-order valence-electron chi connectivity index (χ3n) is 5.64. The number of nitrogens with one attached hydrogen (secondary N) is 3. The molecule has 0 saturated carbocycles. The third-order valence-corrected chi connectivity index (χ3v) is 6.31. The molecule has 0 spiro atoms. The van der Waals surface area contributed by atoms with Crippen LogP contribution in [0.5, 0.6) is 0 Å². The summed E-state index contributed by atoms with van der Waals surface area (Å²) in [4.78, 5) is 9.67. The highest BCUT2D eigenvalue weighted by atomic mass is 32.2. The van der Waals surface area contributed by atoms with E-state index in [9.17, 15) is 8.42 Å². The van der Waals surface area contributed by atoms with Crippen molar-refractivity contribution in [2.45, 2.75) is 26.1 Å². The van der Waals surface area contributed by atoms with Gasteiger partial charge in [0.25, 0.3) is 5.95 Å². The van der Waals surface area contributed by atoms with Crippen molar-refractivity contribution in [2.75, 3.05) is 18.1 Å². The molecule has 170 valence electrons. The highest BCUT2D eigenvalue weighted by molar-refractivity contribution is 7.88. The summed E-state index contributed by atoms with van der Waals surface area (Å²) in [6.45, 7) is 2.43. The number of aromatic nitrogens is 4. The van der Waals surface area contributed by atoms with Crippen LogP contribution in [0.1, 0.15) is 22.4 Å². The Labute approximate surface area is 192 Å². The van der Waals surface area contributed by atoms with Gasteiger partial charge in [0, 0.05) is 43.5 Å².